The van der Waals surface area contributed by atoms with Crippen molar-refractivity contribution in [1.29, 1.82) is 0 Å². The van der Waals surface area contributed by atoms with Crippen LogP contribution in [0.3, 0.4) is 0 Å². The molecule has 2 unspecified atom stereocenters. The molecule has 0 spiro atoms. The lowest BCUT2D eigenvalue weighted by Gasteiger charge is -2.27. The van der Waals surface area contributed by atoms with Crippen LogP contribution < -0.4 is 5.32 Å². The van der Waals surface area contributed by atoms with E-state index in [0.717, 1.165) is 6.04 Å². The molecule has 0 bridgehead atoms. The molecule has 16 heavy (non-hydrogen) atoms. The Hall–Kier alpha value is 0.250. The Bertz CT molecular complexity index is 187. The molecule has 2 aliphatic rings. The Kier molecular flexibility index (Phi) is 5.44. The van der Waals surface area contributed by atoms with Gasteiger partial charge in [0.15, 0.2) is 0 Å². The topological polar surface area (TPSA) is 12.0 Å². The SMILES string of the molecule is ClC1CCCCCC1NC1CCCCCC1. The third kappa shape index (κ3) is 3.92. The number of hydrogen-bond acceptors (Lipinski definition) is 1. The van der Waals surface area contributed by atoms with Gasteiger partial charge in [-0.25, -0.2) is 0 Å². The Morgan fingerprint density at radius 3 is 2.00 bits per heavy atom. The second kappa shape index (κ2) is 6.86. The third-order valence-corrected chi connectivity index (χ3v) is 4.76. The molecule has 0 aromatic carbocycles. The summed E-state index contributed by atoms with van der Waals surface area (Å²) >= 11 is 6.48. The van der Waals surface area contributed by atoms with E-state index in [1.807, 2.05) is 0 Å². The van der Waals surface area contributed by atoms with Gasteiger partial charge in [0.1, 0.15) is 0 Å². The zero-order valence-electron chi connectivity index (χ0n) is 10.4. The minimum Gasteiger partial charge on any atom is -0.310 e. The molecule has 0 aromatic rings. The van der Waals surface area contributed by atoms with Gasteiger partial charge in [-0.3, -0.25) is 0 Å². The lowest BCUT2D eigenvalue weighted by molar-refractivity contribution is 0.370. The molecule has 1 nitrogen and oxygen atoms in total. The van der Waals surface area contributed by atoms with Gasteiger partial charge in [0.05, 0.1) is 0 Å². The molecule has 1 N–H and O–H groups in total. The first-order valence-corrected chi connectivity index (χ1v) is 7.70. The molecular formula is C14H26ClN. The second-order valence-electron chi connectivity index (χ2n) is 5.62. The van der Waals surface area contributed by atoms with Gasteiger partial charge in [-0.2, -0.15) is 0 Å². The van der Waals surface area contributed by atoms with Gasteiger partial charge < -0.3 is 5.32 Å². The van der Waals surface area contributed by atoms with Crippen LogP contribution in [0.25, 0.3) is 0 Å². The minimum atomic E-state index is 0.380. The van der Waals surface area contributed by atoms with E-state index in [2.05, 4.69) is 5.32 Å². The lowest BCUT2D eigenvalue weighted by atomic mass is 10.0. The Labute approximate surface area is 105 Å². The van der Waals surface area contributed by atoms with Crippen LogP contribution in [0.5, 0.6) is 0 Å². The Morgan fingerprint density at radius 2 is 1.25 bits per heavy atom. The van der Waals surface area contributed by atoms with E-state index in [9.17, 15) is 0 Å². The van der Waals surface area contributed by atoms with E-state index in [1.165, 1.54) is 70.6 Å². The largest absolute Gasteiger partial charge is 0.310 e. The standard InChI is InChI=1S/C14H26ClN/c15-13-10-6-3-7-11-14(13)16-12-8-4-1-2-5-9-12/h12-14,16H,1-11H2. The van der Waals surface area contributed by atoms with Crippen LogP contribution in [0, 0.1) is 0 Å². The van der Waals surface area contributed by atoms with E-state index in [1.54, 1.807) is 0 Å². The van der Waals surface area contributed by atoms with Gasteiger partial charge in [0, 0.05) is 17.5 Å². The summed E-state index contributed by atoms with van der Waals surface area (Å²) in [5, 5.41) is 4.24. The van der Waals surface area contributed by atoms with E-state index in [4.69, 9.17) is 11.6 Å². The number of hydrogen-bond donors (Lipinski definition) is 1. The Balaban J connectivity index is 1.81. The molecule has 0 saturated heterocycles. The van der Waals surface area contributed by atoms with Crippen LogP contribution in [-0.2, 0) is 0 Å². The number of rotatable bonds is 2. The van der Waals surface area contributed by atoms with Crippen molar-refractivity contribution in [3.05, 3.63) is 0 Å². The van der Waals surface area contributed by atoms with Crippen molar-refractivity contribution in [3.8, 4) is 0 Å². The smallest absolute Gasteiger partial charge is 0.0489 e. The fourth-order valence-corrected chi connectivity index (χ4v) is 3.55. The fraction of sp³-hybridized carbons (Fsp3) is 1.00. The van der Waals surface area contributed by atoms with Crippen LogP contribution in [0.4, 0.5) is 0 Å². The first-order chi connectivity index (χ1) is 7.86. The first-order valence-electron chi connectivity index (χ1n) is 7.26. The predicted octanol–water partition coefficient (Wildman–Crippen LogP) is 4.24. The predicted molar refractivity (Wildman–Crippen MR) is 71.1 cm³/mol. The zero-order chi connectivity index (χ0) is 11.2. The number of alkyl halides is 1. The number of nitrogens with one attached hydrogen (secondary N) is 1. The highest BCUT2D eigenvalue weighted by molar-refractivity contribution is 6.21. The summed E-state index contributed by atoms with van der Waals surface area (Å²) in [7, 11) is 0. The summed E-state index contributed by atoms with van der Waals surface area (Å²) in [5.41, 5.74) is 0. The van der Waals surface area contributed by atoms with Crippen molar-refractivity contribution in [3.63, 3.8) is 0 Å². The zero-order valence-corrected chi connectivity index (χ0v) is 11.1. The van der Waals surface area contributed by atoms with Crippen molar-refractivity contribution >= 4 is 11.6 Å². The van der Waals surface area contributed by atoms with Crippen LogP contribution in [-0.4, -0.2) is 17.5 Å². The van der Waals surface area contributed by atoms with Gasteiger partial charge in [0.25, 0.3) is 0 Å². The average Bonchev–Trinajstić information content (AvgIpc) is 2.64. The van der Waals surface area contributed by atoms with Gasteiger partial charge >= 0.3 is 0 Å². The van der Waals surface area contributed by atoms with Gasteiger partial charge in [-0.05, 0) is 25.7 Å². The van der Waals surface area contributed by atoms with E-state index < -0.39 is 0 Å². The van der Waals surface area contributed by atoms with E-state index in [-0.39, 0.29) is 0 Å². The van der Waals surface area contributed by atoms with Crippen LogP contribution in [0.2, 0.25) is 0 Å². The molecule has 0 amide bonds. The van der Waals surface area contributed by atoms with Gasteiger partial charge in [-0.15, -0.1) is 11.6 Å². The van der Waals surface area contributed by atoms with E-state index in [0.29, 0.717) is 11.4 Å². The molecule has 2 heteroatoms. The normalized spacial score (nSPS) is 34.3. The molecule has 0 aliphatic heterocycles. The fourth-order valence-electron chi connectivity index (χ4n) is 3.20. The van der Waals surface area contributed by atoms with Crippen LogP contribution in [0.15, 0.2) is 0 Å². The maximum Gasteiger partial charge on any atom is 0.0489 e. The quantitative estimate of drug-likeness (QED) is 0.565. The number of halogens is 1. The molecule has 0 radical (unpaired) electrons. The molecule has 0 heterocycles. The average molecular weight is 244 g/mol. The summed E-state index contributed by atoms with van der Waals surface area (Å²) in [6.45, 7) is 0. The molecular weight excluding hydrogens is 218 g/mol. The van der Waals surface area contributed by atoms with Crippen LogP contribution in [0.1, 0.15) is 70.6 Å². The van der Waals surface area contributed by atoms with Crippen molar-refractivity contribution in [1.82, 2.24) is 5.32 Å². The molecule has 2 rings (SSSR count). The summed E-state index contributed by atoms with van der Waals surface area (Å²) in [6, 6.07) is 1.35. The molecule has 2 atom stereocenters. The molecule has 2 saturated carbocycles. The van der Waals surface area contributed by atoms with Crippen molar-refractivity contribution in [2.45, 2.75) is 88.1 Å². The summed E-state index contributed by atoms with van der Waals surface area (Å²) in [4.78, 5) is 0. The molecule has 2 fully saturated rings. The Morgan fingerprint density at radius 1 is 0.688 bits per heavy atom. The highest BCUT2D eigenvalue weighted by Crippen LogP contribution is 2.25. The van der Waals surface area contributed by atoms with Crippen molar-refractivity contribution in [2.75, 3.05) is 0 Å². The van der Waals surface area contributed by atoms with Gasteiger partial charge in [-0.1, -0.05) is 44.9 Å². The van der Waals surface area contributed by atoms with E-state index >= 15 is 0 Å². The summed E-state index contributed by atoms with van der Waals surface area (Å²) < 4.78 is 0. The summed E-state index contributed by atoms with van der Waals surface area (Å²) in [5.74, 6) is 0. The van der Waals surface area contributed by atoms with Gasteiger partial charge in [0.2, 0.25) is 0 Å². The monoisotopic (exact) mass is 243 g/mol. The molecule has 94 valence electrons. The summed E-state index contributed by atoms with van der Waals surface area (Å²) in [6.07, 6.45) is 15.0. The second-order valence-corrected chi connectivity index (χ2v) is 6.18. The highest BCUT2D eigenvalue weighted by atomic mass is 35.5. The maximum atomic E-state index is 6.48. The highest BCUT2D eigenvalue weighted by Gasteiger charge is 2.24. The minimum absolute atomic E-state index is 0.380. The van der Waals surface area contributed by atoms with Crippen molar-refractivity contribution < 1.29 is 0 Å². The van der Waals surface area contributed by atoms with Crippen LogP contribution >= 0.6 is 11.6 Å². The maximum absolute atomic E-state index is 6.48. The third-order valence-electron chi connectivity index (χ3n) is 4.24. The molecule has 0 aromatic heterocycles. The molecule has 2 aliphatic carbocycles. The lowest BCUT2D eigenvalue weighted by Crippen LogP contribution is -2.42. The van der Waals surface area contributed by atoms with Crippen molar-refractivity contribution in [2.24, 2.45) is 0 Å². The first kappa shape index (κ1) is 12.7.